The summed E-state index contributed by atoms with van der Waals surface area (Å²) in [6.07, 6.45) is 8.02. The molecule has 0 unspecified atom stereocenters. The van der Waals surface area contributed by atoms with E-state index in [-0.39, 0.29) is 18.2 Å². The van der Waals surface area contributed by atoms with Crippen LogP contribution in [0.25, 0.3) is 0 Å². The van der Waals surface area contributed by atoms with Crippen molar-refractivity contribution in [2.75, 3.05) is 0 Å². The Morgan fingerprint density at radius 3 is 2.86 bits per heavy atom. The number of aliphatic hydroxyl groups excluding tert-OH is 1. The van der Waals surface area contributed by atoms with E-state index < -0.39 is 0 Å². The van der Waals surface area contributed by atoms with E-state index in [0.717, 1.165) is 18.5 Å². The van der Waals surface area contributed by atoms with Gasteiger partial charge in [-0.3, -0.25) is 4.68 Å². The highest BCUT2D eigenvalue weighted by Gasteiger charge is 2.41. The molecule has 2 aromatic rings. The van der Waals surface area contributed by atoms with Gasteiger partial charge in [0.25, 0.3) is 0 Å². The first-order chi connectivity index (χ1) is 10.1. The van der Waals surface area contributed by atoms with Gasteiger partial charge in [-0.25, -0.2) is 4.98 Å². The van der Waals surface area contributed by atoms with E-state index >= 15 is 0 Å². The third-order valence-corrected chi connectivity index (χ3v) is 4.19. The van der Waals surface area contributed by atoms with Crippen molar-refractivity contribution in [1.82, 2.24) is 24.6 Å². The van der Waals surface area contributed by atoms with Crippen molar-refractivity contribution in [3.8, 4) is 0 Å². The number of aryl methyl sites for hydroxylation is 1. The number of hydrogen-bond acceptors (Lipinski definition) is 4. The number of rotatable bonds is 5. The predicted molar refractivity (Wildman–Crippen MR) is 79.9 cm³/mol. The molecule has 2 N–H and O–H groups in total. The van der Waals surface area contributed by atoms with Crippen LogP contribution in [0.3, 0.4) is 0 Å². The SMILES string of the molecule is Cc1cnn([C@H]2[C@H](O)C[C@@H]2NCc2cncn2C(C)C)c1. The summed E-state index contributed by atoms with van der Waals surface area (Å²) in [5.74, 6) is 0. The van der Waals surface area contributed by atoms with Crippen LogP contribution in [0.5, 0.6) is 0 Å². The third-order valence-electron chi connectivity index (χ3n) is 4.19. The summed E-state index contributed by atoms with van der Waals surface area (Å²) < 4.78 is 4.04. The van der Waals surface area contributed by atoms with Gasteiger partial charge in [0.15, 0.2) is 0 Å². The number of aromatic nitrogens is 4. The lowest BCUT2D eigenvalue weighted by Crippen LogP contribution is -2.54. The minimum Gasteiger partial charge on any atom is -0.391 e. The molecule has 114 valence electrons. The maximum atomic E-state index is 10.0. The van der Waals surface area contributed by atoms with Gasteiger partial charge in [0.2, 0.25) is 0 Å². The minimum absolute atomic E-state index is 0.0223. The second-order valence-electron chi connectivity index (χ2n) is 6.16. The summed E-state index contributed by atoms with van der Waals surface area (Å²) in [5.41, 5.74) is 2.28. The molecule has 0 spiro atoms. The minimum atomic E-state index is -0.322. The molecule has 2 heterocycles. The quantitative estimate of drug-likeness (QED) is 0.874. The van der Waals surface area contributed by atoms with Crippen molar-refractivity contribution in [3.63, 3.8) is 0 Å². The first kappa shape index (κ1) is 14.3. The Balaban J connectivity index is 1.64. The molecule has 0 amide bonds. The smallest absolute Gasteiger partial charge is 0.0951 e. The molecule has 0 radical (unpaired) electrons. The number of imidazole rings is 1. The summed E-state index contributed by atoms with van der Waals surface area (Å²) in [6.45, 7) is 7.06. The van der Waals surface area contributed by atoms with Gasteiger partial charge >= 0.3 is 0 Å². The Hall–Kier alpha value is -1.66. The summed E-state index contributed by atoms with van der Waals surface area (Å²) in [4.78, 5) is 4.22. The molecular weight excluding hydrogens is 266 g/mol. The molecule has 0 bridgehead atoms. The fraction of sp³-hybridized carbons (Fsp3) is 0.600. The lowest BCUT2D eigenvalue weighted by molar-refractivity contribution is -0.00845. The molecule has 1 aliphatic rings. The van der Waals surface area contributed by atoms with E-state index in [9.17, 15) is 5.11 Å². The Morgan fingerprint density at radius 1 is 1.43 bits per heavy atom. The lowest BCUT2D eigenvalue weighted by Gasteiger charge is -2.42. The van der Waals surface area contributed by atoms with Crippen LogP contribution in [-0.4, -0.2) is 36.6 Å². The molecule has 6 nitrogen and oxygen atoms in total. The van der Waals surface area contributed by atoms with Crippen LogP contribution in [0.2, 0.25) is 0 Å². The highest BCUT2D eigenvalue weighted by molar-refractivity contribution is 5.07. The van der Waals surface area contributed by atoms with Crippen LogP contribution in [-0.2, 0) is 6.54 Å². The Kier molecular flexibility index (Phi) is 3.82. The number of nitrogens with one attached hydrogen (secondary N) is 1. The van der Waals surface area contributed by atoms with E-state index in [1.165, 1.54) is 5.69 Å². The van der Waals surface area contributed by atoms with Crippen molar-refractivity contribution in [2.45, 2.75) is 58.0 Å². The molecule has 1 saturated carbocycles. The van der Waals surface area contributed by atoms with Gasteiger partial charge in [0.05, 0.1) is 30.4 Å². The van der Waals surface area contributed by atoms with Crippen LogP contribution in [0.15, 0.2) is 24.9 Å². The van der Waals surface area contributed by atoms with Crippen LogP contribution in [0.4, 0.5) is 0 Å². The zero-order valence-electron chi connectivity index (χ0n) is 12.8. The van der Waals surface area contributed by atoms with Gasteiger partial charge in [-0.2, -0.15) is 5.10 Å². The average Bonchev–Trinajstić information content (AvgIpc) is 3.03. The molecule has 3 atom stereocenters. The zero-order chi connectivity index (χ0) is 15.0. The second kappa shape index (κ2) is 5.61. The van der Waals surface area contributed by atoms with E-state index in [2.05, 4.69) is 33.8 Å². The summed E-state index contributed by atoms with van der Waals surface area (Å²) in [6, 6.07) is 0.671. The molecular formula is C15H23N5O. The fourth-order valence-corrected chi connectivity index (χ4v) is 2.94. The average molecular weight is 289 g/mol. The fourth-order valence-electron chi connectivity index (χ4n) is 2.94. The summed E-state index contributed by atoms with van der Waals surface area (Å²) >= 11 is 0. The maximum Gasteiger partial charge on any atom is 0.0951 e. The van der Waals surface area contributed by atoms with Crippen molar-refractivity contribution in [1.29, 1.82) is 0 Å². The van der Waals surface area contributed by atoms with Gasteiger partial charge in [-0.1, -0.05) is 0 Å². The van der Waals surface area contributed by atoms with Crippen molar-refractivity contribution >= 4 is 0 Å². The first-order valence-corrected chi connectivity index (χ1v) is 7.49. The second-order valence-corrected chi connectivity index (χ2v) is 6.16. The predicted octanol–water partition coefficient (Wildman–Crippen LogP) is 1.43. The van der Waals surface area contributed by atoms with Gasteiger partial charge in [-0.05, 0) is 32.8 Å². The molecule has 3 rings (SSSR count). The Bertz CT molecular complexity index is 603. The third kappa shape index (κ3) is 2.73. The van der Waals surface area contributed by atoms with Crippen molar-refractivity contribution in [3.05, 3.63) is 36.2 Å². The molecule has 21 heavy (non-hydrogen) atoms. The normalized spacial score (nSPS) is 25.3. The van der Waals surface area contributed by atoms with E-state index in [1.54, 1.807) is 0 Å². The van der Waals surface area contributed by atoms with Gasteiger partial charge in [0, 0.05) is 31.0 Å². The molecule has 0 aromatic carbocycles. The van der Waals surface area contributed by atoms with Gasteiger partial charge < -0.3 is 15.0 Å². The maximum absolute atomic E-state index is 10.0. The molecule has 1 fully saturated rings. The Labute approximate surface area is 124 Å². The monoisotopic (exact) mass is 289 g/mol. The molecule has 6 heteroatoms. The van der Waals surface area contributed by atoms with Gasteiger partial charge in [-0.15, -0.1) is 0 Å². The summed E-state index contributed by atoms with van der Waals surface area (Å²) in [5, 5.41) is 17.9. The van der Waals surface area contributed by atoms with E-state index in [4.69, 9.17) is 0 Å². The van der Waals surface area contributed by atoms with Crippen molar-refractivity contribution in [2.24, 2.45) is 0 Å². The molecule has 0 saturated heterocycles. The lowest BCUT2D eigenvalue weighted by atomic mass is 9.83. The van der Waals surface area contributed by atoms with Crippen molar-refractivity contribution < 1.29 is 5.11 Å². The van der Waals surface area contributed by atoms with E-state index in [0.29, 0.717) is 6.04 Å². The molecule has 1 aliphatic carbocycles. The first-order valence-electron chi connectivity index (χ1n) is 7.49. The van der Waals surface area contributed by atoms with Gasteiger partial charge in [0.1, 0.15) is 0 Å². The van der Waals surface area contributed by atoms with Crippen LogP contribution in [0, 0.1) is 6.92 Å². The standard InChI is InChI=1S/C15H23N5O/c1-10(2)19-9-16-6-12(19)7-17-13-4-14(21)15(13)20-8-11(3)5-18-20/h5-6,8-10,13-15,17,21H,4,7H2,1-3H3/t13-,14+,15+/m0/s1. The van der Waals surface area contributed by atoms with Crippen LogP contribution >= 0.6 is 0 Å². The highest BCUT2D eigenvalue weighted by Crippen LogP contribution is 2.32. The number of aliphatic hydroxyl groups is 1. The topological polar surface area (TPSA) is 67.9 Å². The number of hydrogen-bond donors (Lipinski definition) is 2. The Morgan fingerprint density at radius 2 is 2.24 bits per heavy atom. The molecule has 2 aromatic heterocycles. The van der Waals surface area contributed by atoms with E-state index in [1.807, 2.05) is 36.5 Å². The highest BCUT2D eigenvalue weighted by atomic mass is 16.3. The van der Waals surface area contributed by atoms with Crippen LogP contribution < -0.4 is 5.32 Å². The largest absolute Gasteiger partial charge is 0.391 e. The zero-order valence-corrected chi connectivity index (χ0v) is 12.8. The molecule has 0 aliphatic heterocycles. The van der Waals surface area contributed by atoms with Crippen LogP contribution in [0.1, 0.15) is 43.6 Å². The summed E-state index contributed by atoms with van der Waals surface area (Å²) in [7, 11) is 0. The number of nitrogens with zero attached hydrogens (tertiary/aromatic N) is 4.